The van der Waals surface area contributed by atoms with Crippen LogP contribution in [0, 0.1) is 0 Å². The second-order valence-electron chi connectivity index (χ2n) is 13.7. The number of rotatable bonds is 0. The van der Waals surface area contributed by atoms with Gasteiger partial charge in [-0.3, -0.25) is 9.13 Å². The summed E-state index contributed by atoms with van der Waals surface area (Å²) in [6.07, 6.45) is 0. The molecule has 1 aliphatic carbocycles. The fourth-order valence-electron chi connectivity index (χ4n) is 9.53. The number of nitrogens with zero attached hydrogens (tertiary/aromatic N) is 8. The molecule has 4 aromatic carbocycles. The quantitative estimate of drug-likeness (QED) is 0.151. The molecule has 4 atom stereocenters. The van der Waals surface area contributed by atoms with Crippen LogP contribution >= 0.6 is 0 Å². The van der Waals surface area contributed by atoms with E-state index in [0.29, 0.717) is 22.7 Å². The normalized spacial score (nSPS) is 23.8. The molecule has 0 saturated heterocycles. The van der Waals surface area contributed by atoms with Crippen molar-refractivity contribution in [2.24, 2.45) is 20.0 Å². The zero-order valence-corrected chi connectivity index (χ0v) is 25.1. The van der Waals surface area contributed by atoms with Crippen LogP contribution in [-0.2, 0) is 0 Å². The van der Waals surface area contributed by atoms with Gasteiger partial charge >= 0.3 is 0 Å². The molecule has 8 N–H and O–H groups in total. The van der Waals surface area contributed by atoms with Crippen molar-refractivity contribution in [2.75, 3.05) is 22.9 Å². The van der Waals surface area contributed by atoms with E-state index < -0.39 is 0 Å². The van der Waals surface area contributed by atoms with Gasteiger partial charge in [0.05, 0.1) is 22.3 Å². The topological polar surface area (TPSA) is 169 Å². The van der Waals surface area contributed by atoms with Gasteiger partial charge in [-0.25, -0.2) is 9.15 Å². The van der Waals surface area contributed by atoms with Gasteiger partial charge in [-0.15, -0.1) is 0 Å². The van der Waals surface area contributed by atoms with Crippen molar-refractivity contribution < 1.29 is 9.15 Å². The van der Waals surface area contributed by atoms with Crippen molar-refractivity contribution in [3.05, 3.63) is 106 Å². The zero-order valence-electron chi connectivity index (χ0n) is 25.1. The Bertz CT molecular complexity index is 2970. The zero-order chi connectivity index (χ0) is 31.5. The van der Waals surface area contributed by atoms with Gasteiger partial charge in [-0.05, 0) is 72.8 Å². The van der Waals surface area contributed by atoms with Crippen molar-refractivity contribution in [3.8, 4) is 0 Å². The lowest BCUT2D eigenvalue weighted by atomic mass is 9.73. The van der Waals surface area contributed by atoms with E-state index >= 15 is 0 Å². The first-order valence-corrected chi connectivity index (χ1v) is 16.1. The Morgan fingerprint density at radius 3 is 1.73 bits per heavy atom. The fourth-order valence-corrected chi connectivity index (χ4v) is 9.53. The molecule has 2 aromatic heterocycles. The molecular formula is C36H24N12+2. The third-order valence-electron chi connectivity index (χ3n) is 11.4. The molecule has 1 saturated carbocycles. The molecule has 6 aliphatic heterocycles. The van der Waals surface area contributed by atoms with Crippen LogP contribution in [0.25, 0.3) is 21.5 Å². The first-order chi connectivity index (χ1) is 23.4. The van der Waals surface area contributed by atoms with E-state index in [2.05, 4.69) is 42.6 Å². The highest BCUT2D eigenvalue weighted by molar-refractivity contribution is 6.19. The van der Waals surface area contributed by atoms with Crippen molar-refractivity contribution in [3.63, 3.8) is 0 Å². The van der Waals surface area contributed by atoms with E-state index in [-0.39, 0.29) is 24.2 Å². The van der Waals surface area contributed by atoms with E-state index in [0.717, 1.165) is 89.8 Å². The summed E-state index contributed by atoms with van der Waals surface area (Å²) in [5.74, 6) is 5.10. The van der Waals surface area contributed by atoms with Crippen LogP contribution < -0.4 is 33.9 Å². The Morgan fingerprint density at radius 2 is 0.979 bits per heavy atom. The maximum Gasteiger partial charge on any atom is 0.274 e. The summed E-state index contributed by atoms with van der Waals surface area (Å²) >= 11 is 0. The van der Waals surface area contributed by atoms with Gasteiger partial charge in [0.25, 0.3) is 23.3 Å². The summed E-state index contributed by atoms with van der Waals surface area (Å²) in [6, 6.07) is 23.9. The summed E-state index contributed by atoms with van der Waals surface area (Å²) in [5, 5.41) is 3.94. The number of nitrogens with two attached hydrogens (primary N) is 4. The van der Waals surface area contributed by atoms with E-state index in [1.54, 1.807) is 0 Å². The van der Waals surface area contributed by atoms with Crippen LogP contribution in [0.2, 0.25) is 0 Å². The molecule has 13 rings (SSSR count). The highest BCUT2D eigenvalue weighted by atomic mass is 15.4. The Balaban J connectivity index is 1.31. The van der Waals surface area contributed by atoms with Crippen molar-refractivity contribution >= 4 is 79.3 Å². The number of aromatic nitrogens is 2. The summed E-state index contributed by atoms with van der Waals surface area (Å²) < 4.78 is 9.45. The smallest absolute Gasteiger partial charge is 0.274 e. The van der Waals surface area contributed by atoms with Crippen LogP contribution in [0.15, 0.2) is 92.8 Å². The molecule has 0 spiro atoms. The number of aliphatic imine (C=N–C) groups is 2. The van der Waals surface area contributed by atoms with Crippen molar-refractivity contribution in [2.45, 2.75) is 24.2 Å². The third kappa shape index (κ3) is 2.35. The van der Waals surface area contributed by atoms with Gasteiger partial charge in [-0.2, -0.15) is 0 Å². The maximum atomic E-state index is 6.44. The lowest BCUT2D eigenvalue weighted by molar-refractivity contribution is -0.569. The Morgan fingerprint density at radius 1 is 0.458 bits per heavy atom. The van der Waals surface area contributed by atoms with Gasteiger partial charge in [0, 0.05) is 44.3 Å². The summed E-state index contributed by atoms with van der Waals surface area (Å²) in [6.45, 7) is 0. The number of fused-ring (bicyclic) bond motifs is 12. The molecule has 4 unspecified atom stereocenters. The van der Waals surface area contributed by atoms with Crippen LogP contribution in [0.5, 0.6) is 0 Å². The van der Waals surface area contributed by atoms with Gasteiger partial charge in [0.1, 0.15) is 24.2 Å². The van der Waals surface area contributed by atoms with Gasteiger partial charge in [-0.1, -0.05) is 20.0 Å². The molecule has 12 nitrogen and oxygen atoms in total. The third-order valence-corrected chi connectivity index (χ3v) is 11.4. The predicted molar refractivity (Wildman–Crippen MR) is 184 cm³/mol. The molecule has 48 heavy (non-hydrogen) atoms. The van der Waals surface area contributed by atoms with Crippen LogP contribution in [0.4, 0.5) is 34.4 Å². The molecule has 12 heteroatoms. The average Bonchev–Trinajstić information content (AvgIpc) is 3.57. The summed E-state index contributed by atoms with van der Waals surface area (Å²) in [5.41, 5.74) is 34.1. The first-order valence-electron chi connectivity index (χ1n) is 16.1. The van der Waals surface area contributed by atoms with E-state index in [9.17, 15) is 0 Å². The maximum absolute atomic E-state index is 6.44. The molecule has 6 aromatic rings. The lowest BCUT2D eigenvalue weighted by Gasteiger charge is -2.48. The Labute approximate surface area is 270 Å². The van der Waals surface area contributed by atoms with Crippen LogP contribution in [0.3, 0.4) is 0 Å². The molecule has 0 bridgehead atoms. The minimum absolute atomic E-state index is 0.0719. The van der Waals surface area contributed by atoms with Crippen molar-refractivity contribution in [1.29, 1.82) is 0 Å². The molecule has 1 fully saturated rings. The number of hydrogen-bond donors (Lipinski definition) is 4. The summed E-state index contributed by atoms with van der Waals surface area (Å²) in [4.78, 5) is 22.2. The lowest BCUT2D eigenvalue weighted by Crippen LogP contribution is -2.66. The molecule has 0 radical (unpaired) electrons. The second-order valence-corrected chi connectivity index (χ2v) is 13.7. The standard InChI is InChI=1S/C36H22N12/c37-13-1-5-17-21(9-13)33-42-30-19-7-3-15(39)11-23(19)35-44-32-20-8-4-16(40)12-24(20)36-43-31-18-6-2-14(38)10-22(18)34-41-29(17)45(33)25-26(46(31)34)28(48(32)36)27(25)47(30)35/h1-12,25-28H,(H6,37,38,39,40,41,42,43,44)/p+2. The van der Waals surface area contributed by atoms with E-state index in [1.165, 1.54) is 0 Å². The second kappa shape index (κ2) is 7.20. The molecule has 0 amide bonds. The van der Waals surface area contributed by atoms with E-state index in [4.69, 9.17) is 42.9 Å². The predicted octanol–water partition coefficient (Wildman–Crippen LogP) is 2.45. The molecule has 7 aliphatic rings. The molecular weight excluding hydrogens is 600 g/mol. The minimum atomic E-state index is -0.0719. The van der Waals surface area contributed by atoms with Crippen LogP contribution in [-0.4, -0.2) is 53.7 Å². The largest absolute Gasteiger partial charge is 0.399 e. The molecule has 226 valence electrons. The fraction of sp³-hybridized carbons (Fsp3) is 0.111. The number of anilines is 4. The number of benzene rings is 4. The van der Waals surface area contributed by atoms with Crippen LogP contribution in [0.1, 0.15) is 34.3 Å². The Hall–Kier alpha value is -6.56. The number of amidine groups is 4. The number of nitrogen functional groups attached to an aromatic ring is 4. The van der Waals surface area contributed by atoms with Gasteiger partial charge in [0.15, 0.2) is 0 Å². The van der Waals surface area contributed by atoms with Crippen molar-refractivity contribution in [1.82, 2.24) is 9.13 Å². The highest BCUT2D eigenvalue weighted by Crippen LogP contribution is 2.57. The Kier molecular flexibility index (Phi) is 3.56. The highest BCUT2D eigenvalue weighted by Gasteiger charge is 2.69. The summed E-state index contributed by atoms with van der Waals surface area (Å²) in [7, 11) is 0. The first kappa shape index (κ1) is 23.7. The van der Waals surface area contributed by atoms with Gasteiger partial charge in [0.2, 0.25) is 22.6 Å². The van der Waals surface area contributed by atoms with E-state index in [1.807, 2.05) is 48.5 Å². The minimum Gasteiger partial charge on any atom is -0.399 e. The SMILES string of the molecule is Nc1ccc2c(c1)C1=Nc3c4ccc(N)cc4c4n3C3C5C6C3[N+]1=C2N=c1c2cc(N)ccc2c(n16)=NC1=[N+]5C(=N4)c2ccc(N)cc21. The molecule has 8 heterocycles. The number of hydrogen-bond acceptors (Lipinski definition) is 8. The van der Waals surface area contributed by atoms with Gasteiger partial charge < -0.3 is 22.9 Å². The monoisotopic (exact) mass is 624 g/mol. The average molecular weight is 625 g/mol.